The van der Waals surface area contributed by atoms with Crippen LogP contribution in [0.1, 0.15) is 65.0 Å². The van der Waals surface area contributed by atoms with E-state index in [9.17, 15) is 9.59 Å². The van der Waals surface area contributed by atoms with Gasteiger partial charge in [0.15, 0.2) is 0 Å². The molecule has 4 aromatic rings. The quantitative estimate of drug-likeness (QED) is 0.248. The van der Waals surface area contributed by atoms with E-state index in [-0.39, 0.29) is 30.4 Å². The van der Waals surface area contributed by atoms with E-state index < -0.39 is 23.2 Å². The number of hydrogen-bond donors (Lipinski definition) is 1. The summed E-state index contributed by atoms with van der Waals surface area (Å²) in [6.45, 7) is 2.60. The lowest BCUT2D eigenvalue weighted by atomic mass is 9.73. The summed E-state index contributed by atoms with van der Waals surface area (Å²) in [6, 6.07) is 13.7. The van der Waals surface area contributed by atoms with Gasteiger partial charge in [0.25, 0.3) is 0 Å². The van der Waals surface area contributed by atoms with Crippen molar-refractivity contribution in [1.29, 1.82) is 0 Å². The number of aromatic nitrogens is 2. The molecule has 1 amide bonds. The van der Waals surface area contributed by atoms with E-state index in [0.717, 1.165) is 35.0 Å². The average Bonchev–Trinajstić information content (AvgIpc) is 3.43. The Kier molecular flexibility index (Phi) is 6.44. The Morgan fingerprint density at radius 2 is 1.98 bits per heavy atom. The molecule has 2 fully saturated rings. The number of carbonyl (C=O) groups is 2. The fourth-order valence-electron chi connectivity index (χ4n) is 7.83. The Bertz CT molecular complexity index is 1850. The summed E-state index contributed by atoms with van der Waals surface area (Å²) in [5, 5.41) is 9.61. The lowest BCUT2D eigenvalue weighted by Gasteiger charge is -2.40. The highest BCUT2D eigenvalue weighted by molar-refractivity contribution is 6.31. The minimum absolute atomic E-state index is 0. The number of anilines is 1. The molecule has 222 valence electrons. The van der Waals surface area contributed by atoms with Crippen LogP contribution in [-0.4, -0.2) is 46.3 Å². The van der Waals surface area contributed by atoms with E-state index in [1.165, 1.54) is 13.2 Å². The minimum atomic E-state index is -1.19. The molecule has 1 spiro atoms. The maximum absolute atomic E-state index is 16.1. The van der Waals surface area contributed by atoms with Crippen molar-refractivity contribution in [3.63, 3.8) is 0 Å². The number of hydrogen-bond acceptors (Lipinski definition) is 5. The van der Waals surface area contributed by atoms with Crippen LogP contribution in [0.4, 0.5) is 10.1 Å². The number of amides is 1. The van der Waals surface area contributed by atoms with Crippen molar-refractivity contribution in [2.24, 2.45) is 5.92 Å². The fraction of sp³-hybridized carbons (Fsp3) is 0.364. The zero-order chi connectivity index (χ0) is 29.1. The normalized spacial score (nSPS) is 25.4. The summed E-state index contributed by atoms with van der Waals surface area (Å²) >= 11 is 12.8. The van der Waals surface area contributed by atoms with Gasteiger partial charge in [0.1, 0.15) is 11.4 Å². The molecule has 1 saturated heterocycles. The molecule has 43 heavy (non-hydrogen) atoms. The van der Waals surface area contributed by atoms with Crippen LogP contribution in [0.5, 0.6) is 0 Å². The first kappa shape index (κ1) is 28.3. The Balaban J connectivity index is 0.00000300. The number of nitrogens with one attached hydrogen (secondary N) is 1. The molecule has 8 rings (SSSR count). The van der Waals surface area contributed by atoms with Crippen molar-refractivity contribution in [1.82, 2.24) is 14.7 Å². The first-order valence-electron chi connectivity index (χ1n) is 14.2. The molecule has 1 aromatic heterocycles. The van der Waals surface area contributed by atoms with Crippen LogP contribution in [0, 0.1) is 18.7 Å². The summed E-state index contributed by atoms with van der Waals surface area (Å²) in [6.07, 6.45) is 2.82. The lowest BCUT2D eigenvalue weighted by molar-refractivity contribution is -0.128. The second-order valence-electron chi connectivity index (χ2n) is 12.0. The minimum Gasteiger partial charge on any atom is -0.465 e. The SMILES string of the molecule is C.COC(=O)c1cc2nn3c(c2cc1C)C[C@H]1[C@@H]3[C@H](c2cccc(Cl)c2F)[C@]2(C(=O)Nc3cc(Cl)ccc32)N1CC1CC1. The highest BCUT2D eigenvalue weighted by Gasteiger charge is 2.69. The zero-order valence-corrected chi connectivity index (χ0v) is 24.5. The number of aryl methyl sites for hydroxylation is 1. The predicted octanol–water partition coefficient (Wildman–Crippen LogP) is 7.04. The number of carbonyl (C=O) groups excluding carboxylic acids is 2. The van der Waals surface area contributed by atoms with Crippen LogP contribution in [0.2, 0.25) is 10.0 Å². The number of likely N-dealkylation sites (tertiary alicyclic amines) is 1. The molecule has 4 atom stereocenters. The fourth-order valence-corrected chi connectivity index (χ4v) is 8.18. The summed E-state index contributed by atoms with van der Waals surface area (Å²) in [7, 11) is 1.36. The number of methoxy groups -OCH3 is 1. The van der Waals surface area contributed by atoms with Gasteiger partial charge in [-0.2, -0.15) is 5.10 Å². The van der Waals surface area contributed by atoms with Crippen molar-refractivity contribution in [3.8, 4) is 0 Å². The molecule has 3 aliphatic heterocycles. The molecule has 3 aromatic carbocycles. The maximum Gasteiger partial charge on any atom is 0.338 e. The van der Waals surface area contributed by atoms with Gasteiger partial charge < -0.3 is 10.1 Å². The first-order valence-corrected chi connectivity index (χ1v) is 14.9. The molecule has 0 unspecified atom stereocenters. The predicted molar refractivity (Wildman–Crippen MR) is 164 cm³/mol. The number of benzene rings is 3. The van der Waals surface area contributed by atoms with Gasteiger partial charge in [0.05, 0.1) is 29.3 Å². The number of halogens is 3. The first-order chi connectivity index (χ1) is 20.2. The summed E-state index contributed by atoms with van der Waals surface area (Å²) < 4.78 is 23.1. The van der Waals surface area contributed by atoms with Gasteiger partial charge in [-0.3, -0.25) is 14.4 Å². The zero-order valence-electron chi connectivity index (χ0n) is 23.0. The Hall–Kier alpha value is -3.46. The van der Waals surface area contributed by atoms with Gasteiger partial charge >= 0.3 is 5.97 Å². The Labute approximate surface area is 258 Å². The van der Waals surface area contributed by atoms with Crippen LogP contribution in [0.25, 0.3) is 10.9 Å². The molecule has 1 saturated carbocycles. The molecule has 7 nitrogen and oxygen atoms in total. The van der Waals surface area contributed by atoms with Crippen LogP contribution in [0.15, 0.2) is 48.5 Å². The number of ether oxygens (including phenoxy) is 1. The molecule has 1 N–H and O–H groups in total. The maximum atomic E-state index is 16.1. The Morgan fingerprint density at radius 1 is 1.19 bits per heavy atom. The third-order valence-electron chi connectivity index (χ3n) is 9.73. The van der Waals surface area contributed by atoms with Gasteiger partial charge in [-0.25, -0.2) is 9.18 Å². The van der Waals surface area contributed by atoms with E-state index in [1.807, 2.05) is 23.7 Å². The second-order valence-corrected chi connectivity index (χ2v) is 12.8. The summed E-state index contributed by atoms with van der Waals surface area (Å²) in [5.41, 5.74) is 3.55. The van der Waals surface area contributed by atoms with E-state index in [0.29, 0.717) is 46.2 Å². The van der Waals surface area contributed by atoms with Crippen molar-refractivity contribution in [2.45, 2.75) is 57.2 Å². The van der Waals surface area contributed by atoms with E-state index in [2.05, 4.69) is 10.2 Å². The third kappa shape index (κ3) is 3.79. The van der Waals surface area contributed by atoms with Crippen molar-refractivity contribution < 1.29 is 18.7 Å². The average molecular weight is 622 g/mol. The van der Waals surface area contributed by atoms with Gasteiger partial charge in [-0.05, 0) is 67.1 Å². The largest absolute Gasteiger partial charge is 0.465 e. The van der Waals surface area contributed by atoms with Gasteiger partial charge in [-0.15, -0.1) is 0 Å². The van der Waals surface area contributed by atoms with Gasteiger partial charge in [-0.1, -0.05) is 48.8 Å². The van der Waals surface area contributed by atoms with Crippen LogP contribution >= 0.6 is 23.2 Å². The third-order valence-corrected chi connectivity index (χ3v) is 10.3. The molecule has 4 heterocycles. The summed E-state index contributed by atoms with van der Waals surface area (Å²) in [5.74, 6) is -1.32. The molecular weight excluding hydrogens is 590 g/mol. The lowest BCUT2D eigenvalue weighted by Crippen LogP contribution is -2.53. The van der Waals surface area contributed by atoms with E-state index >= 15 is 4.39 Å². The number of rotatable bonds is 4. The summed E-state index contributed by atoms with van der Waals surface area (Å²) in [4.78, 5) is 29.2. The van der Waals surface area contributed by atoms with Crippen LogP contribution in [0.3, 0.4) is 0 Å². The molecule has 10 heteroatoms. The highest BCUT2D eigenvalue weighted by Crippen LogP contribution is 2.64. The van der Waals surface area contributed by atoms with Crippen molar-refractivity contribution in [2.75, 3.05) is 19.0 Å². The van der Waals surface area contributed by atoms with E-state index in [1.54, 1.807) is 30.3 Å². The molecule has 0 bridgehead atoms. The second kappa shape index (κ2) is 9.78. The van der Waals surface area contributed by atoms with Crippen LogP contribution < -0.4 is 5.32 Å². The van der Waals surface area contributed by atoms with Crippen molar-refractivity contribution in [3.05, 3.63) is 92.3 Å². The van der Waals surface area contributed by atoms with Gasteiger partial charge in [0.2, 0.25) is 5.91 Å². The molecule has 1 aliphatic carbocycles. The van der Waals surface area contributed by atoms with Gasteiger partial charge in [0, 0.05) is 52.3 Å². The number of fused-ring (bicyclic) bond motifs is 7. The molecular formula is C33H31Cl2FN4O3. The topological polar surface area (TPSA) is 76.5 Å². The Morgan fingerprint density at radius 3 is 2.72 bits per heavy atom. The highest BCUT2D eigenvalue weighted by atomic mass is 35.5. The molecule has 0 radical (unpaired) electrons. The van der Waals surface area contributed by atoms with Crippen molar-refractivity contribution >= 4 is 51.7 Å². The number of nitrogens with zero attached hydrogens (tertiary/aromatic N) is 3. The number of esters is 1. The van der Waals surface area contributed by atoms with Crippen LogP contribution in [-0.2, 0) is 21.5 Å². The monoisotopic (exact) mass is 620 g/mol. The smallest absolute Gasteiger partial charge is 0.338 e. The molecule has 4 aliphatic rings. The van der Waals surface area contributed by atoms with E-state index in [4.69, 9.17) is 33.0 Å². The standard InChI is InChI=1S/C32H27Cl2FN4O3.CH4/c1-15-10-20-23(12-19(15)30(40)42-2)37-39-25(20)13-26-29(39)27(18-4-3-5-22(34)28(18)35)32(38(26)14-16-6-7-16)21-9-8-17(33)11-24(21)36-31(32)41;/h3-5,8-12,16,26-27,29H,6-7,13-14H2,1-2H3,(H,36,41);1H4/t26-,27-,29+,32+;/m0./s1.